The second kappa shape index (κ2) is 4.70. The lowest BCUT2D eigenvalue weighted by atomic mass is 10.0. The molecule has 0 radical (unpaired) electrons. The molecular weight excluding hydrogens is 234 g/mol. The summed E-state index contributed by atoms with van der Waals surface area (Å²) in [5.41, 5.74) is 0.291. The summed E-state index contributed by atoms with van der Waals surface area (Å²) in [4.78, 5) is 14.4. The van der Waals surface area contributed by atoms with Gasteiger partial charge < -0.3 is 14.2 Å². The van der Waals surface area contributed by atoms with Crippen molar-refractivity contribution in [2.45, 2.75) is 18.4 Å². The maximum Gasteiger partial charge on any atom is 0.235 e. The van der Waals surface area contributed by atoms with Crippen LogP contribution in [0.2, 0.25) is 0 Å². The lowest BCUT2D eigenvalue weighted by Gasteiger charge is -2.17. The average molecular weight is 249 g/mol. The average Bonchev–Trinajstić information content (AvgIpc) is 3.18. The molecule has 0 aliphatic heterocycles. The molecule has 2 rings (SSSR count). The summed E-state index contributed by atoms with van der Waals surface area (Å²) < 4.78 is 15.9. The SMILES string of the molecule is COc1cc(OC)c(OC)c(C2(N=C=O)CC2)c1. The predicted octanol–water partition coefficient (Wildman–Crippen LogP) is 2.04. The monoisotopic (exact) mass is 249 g/mol. The quantitative estimate of drug-likeness (QED) is 0.592. The molecule has 1 fully saturated rings. The first-order valence-corrected chi connectivity index (χ1v) is 5.60. The highest BCUT2D eigenvalue weighted by molar-refractivity contribution is 5.57. The highest BCUT2D eigenvalue weighted by Gasteiger charge is 2.47. The Kier molecular flexibility index (Phi) is 3.26. The van der Waals surface area contributed by atoms with Gasteiger partial charge >= 0.3 is 0 Å². The summed E-state index contributed by atoms with van der Waals surface area (Å²) in [5.74, 6) is 1.81. The molecule has 0 atom stereocenters. The summed E-state index contributed by atoms with van der Waals surface area (Å²) in [6.07, 6.45) is 3.23. The third-order valence-corrected chi connectivity index (χ3v) is 3.17. The molecule has 0 N–H and O–H groups in total. The Morgan fingerprint density at radius 3 is 2.33 bits per heavy atom. The summed E-state index contributed by atoms with van der Waals surface area (Å²) in [7, 11) is 4.70. The van der Waals surface area contributed by atoms with Crippen molar-refractivity contribution in [3.8, 4) is 17.2 Å². The Hall–Kier alpha value is -2.00. The van der Waals surface area contributed by atoms with E-state index in [-0.39, 0.29) is 0 Å². The lowest BCUT2D eigenvalue weighted by molar-refractivity contribution is 0.342. The van der Waals surface area contributed by atoms with Crippen molar-refractivity contribution in [3.63, 3.8) is 0 Å². The highest BCUT2D eigenvalue weighted by Crippen LogP contribution is 2.55. The molecule has 0 spiro atoms. The number of benzene rings is 1. The zero-order valence-corrected chi connectivity index (χ0v) is 10.6. The van der Waals surface area contributed by atoms with E-state index in [0.29, 0.717) is 17.2 Å². The fraction of sp³-hybridized carbons (Fsp3) is 0.462. The van der Waals surface area contributed by atoms with Gasteiger partial charge in [0, 0.05) is 11.6 Å². The normalized spacial score (nSPS) is 15.5. The summed E-state index contributed by atoms with van der Waals surface area (Å²) in [6, 6.07) is 3.57. The van der Waals surface area contributed by atoms with Crippen molar-refractivity contribution in [1.29, 1.82) is 0 Å². The molecule has 1 aliphatic rings. The van der Waals surface area contributed by atoms with Crippen molar-refractivity contribution >= 4 is 6.08 Å². The van der Waals surface area contributed by atoms with E-state index in [1.54, 1.807) is 33.5 Å². The van der Waals surface area contributed by atoms with Crippen molar-refractivity contribution in [3.05, 3.63) is 17.7 Å². The van der Waals surface area contributed by atoms with Crippen LogP contribution in [0.4, 0.5) is 0 Å². The standard InChI is InChI=1S/C13H15NO4/c1-16-9-6-10(13(4-5-13)14-8-15)12(18-3)11(7-9)17-2/h6-7H,4-5H2,1-3H3. The van der Waals surface area contributed by atoms with Gasteiger partial charge in [-0.05, 0) is 18.9 Å². The fourth-order valence-electron chi connectivity index (χ4n) is 2.05. The Labute approximate surface area is 105 Å². The number of hydrogen-bond acceptors (Lipinski definition) is 5. The summed E-state index contributed by atoms with van der Waals surface area (Å²) >= 11 is 0. The van der Waals surface area contributed by atoms with Gasteiger partial charge in [-0.1, -0.05) is 0 Å². The van der Waals surface area contributed by atoms with Gasteiger partial charge in [-0.3, -0.25) is 0 Å². The summed E-state index contributed by atoms with van der Waals surface area (Å²) in [5, 5.41) is 0. The third kappa shape index (κ3) is 1.93. The van der Waals surface area contributed by atoms with Gasteiger partial charge in [0.25, 0.3) is 0 Å². The first kappa shape index (κ1) is 12.5. The molecule has 1 aromatic rings. The topological polar surface area (TPSA) is 57.1 Å². The number of isocyanates is 1. The van der Waals surface area contributed by atoms with Crippen LogP contribution in [0.15, 0.2) is 17.1 Å². The van der Waals surface area contributed by atoms with Crippen LogP contribution in [-0.4, -0.2) is 27.4 Å². The molecule has 5 nitrogen and oxygen atoms in total. The molecule has 0 bridgehead atoms. The van der Waals surface area contributed by atoms with Gasteiger partial charge in [-0.15, -0.1) is 0 Å². The maximum absolute atomic E-state index is 10.5. The molecule has 5 heteroatoms. The maximum atomic E-state index is 10.5. The molecular formula is C13H15NO4. The van der Waals surface area contributed by atoms with Crippen molar-refractivity contribution in [2.75, 3.05) is 21.3 Å². The Balaban J connectivity index is 2.60. The second-order valence-electron chi connectivity index (χ2n) is 4.15. The van der Waals surface area contributed by atoms with Crippen LogP contribution in [0.3, 0.4) is 0 Å². The van der Waals surface area contributed by atoms with Gasteiger partial charge in [0.2, 0.25) is 6.08 Å². The van der Waals surface area contributed by atoms with Gasteiger partial charge in [-0.25, -0.2) is 4.79 Å². The van der Waals surface area contributed by atoms with Gasteiger partial charge in [0.15, 0.2) is 11.5 Å². The van der Waals surface area contributed by atoms with Gasteiger partial charge in [0.05, 0.1) is 21.3 Å². The molecule has 0 unspecified atom stereocenters. The van der Waals surface area contributed by atoms with Crippen LogP contribution >= 0.6 is 0 Å². The van der Waals surface area contributed by atoms with Crippen molar-refractivity contribution in [1.82, 2.24) is 0 Å². The molecule has 1 aromatic carbocycles. The van der Waals surface area contributed by atoms with Crippen LogP contribution in [0.1, 0.15) is 18.4 Å². The largest absolute Gasteiger partial charge is 0.497 e. The molecule has 0 saturated heterocycles. The molecule has 18 heavy (non-hydrogen) atoms. The van der Waals surface area contributed by atoms with Gasteiger partial charge in [0.1, 0.15) is 11.3 Å². The van der Waals surface area contributed by atoms with E-state index in [1.807, 2.05) is 6.07 Å². The van der Waals surface area contributed by atoms with Crippen LogP contribution < -0.4 is 14.2 Å². The van der Waals surface area contributed by atoms with Crippen LogP contribution in [0.5, 0.6) is 17.2 Å². The second-order valence-corrected chi connectivity index (χ2v) is 4.15. The minimum Gasteiger partial charge on any atom is -0.497 e. The number of nitrogens with zero attached hydrogens (tertiary/aromatic N) is 1. The predicted molar refractivity (Wildman–Crippen MR) is 65.1 cm³/mol. The zero-order chi connectivity index (χ0) is 13.2. The number of methoxy groups -OCH3 is 3. The zero-order valence-electron chi connectivity index (χ0n) is 10.6. The van der Waals surface area contributed by atoms with Crippen LogP contribution in [-0.2, 0) is 10.3 Å². The third-order valence-electron chi connectivity index (χ3n) is 3.17. The first-order valence-electron chi connectivity index (χ1n) is 5.60. The van der Waals surface area contributed by atoms with Crippen molar-refractivity contribution < 1.29 is 19.0 Å². The van der Waals surface area contributed by atoms with E-state index < -0.39 is 5.54 Å². The first-order chi connectivity index (χ1) is 8.70. The smallest absolute Gasteiger partial charge is 0.235 e. The van der Waals surface area contributed by atoms with Crippen molar-refractivity contribution in [2.24, 2.45) is 4.99 Å². The number of aliphatic imine (C=N–C) groups is 1. The highest BCUT2D eigenvalue weighted by atomic mass is 16.5. The number of hydrogen-bond donors (Lipinski definition) is 0. The molecule has 0 heterocycles. The summed E-state index contributed by atoms with van der Waals surface area (Å²) in [6.45, 7) is 0. The van der Waals surface area contributed by atoms with E-state index in [2.05, 4.69) is 4.99 Å². The molecule has 96 valence electrons. The van der Waals surface area contributed by atoms with Crippen LogP contribution in [0.25, 0.3) is 0 Å². The number of rotatable bonds is 5. The Bertz CT molecular complexity index is 502. The molecule has 0 amide bonds. The number of carbonyl (C=O) groups excluding carboxylic acids is 1. The lowest BCUT2D eigenvalue weighted by Crippen LogP contribution is -2.07. The minimum absolute atomic E-state index is 0.519. The fourth-order valence-corrected chi connectivity index (χ4v) is 2.05. The molecule has 0 aromatic heterocycles. The Morgan fingerprint density at radius 1 is 1.17 bits per heavy atom. The van der Waals surface area contributed by atoms with E-state index >= 15 is 0 Å². The Morgan fingerprint density at radius 2 is 1.89 bits per heavy atom. The van der Waals surface area contributed by atoms with Crippen LogP contribution in [0, 0.1) is 0 Å². The molecule has 1 aliphatic carbocycles. The van der Waals surface area contributed by atoms with E-state index in [9.17, 15) is 4.79 Å². The molecule has 1 saturated carbocycles. The van der Waals surface area contributed by atoms with Gasteiger partial charge in [-0.2, -0.15) is 4.99 Å². The minimum atomic E-state index is -0.519. The van der Waals surface area contributed by atoms with E-state index in [4.69, 9.17) is 14.2 Å². The van der Waals surface area contributed by atoms with E-state index in [1.165, 1.54) is 0 Å². The number of ether oxygens (including phenoxy) is 3. The van der Waals surface area contributed by atoms with E-state index in [0.717, 1.165) is 18.4 Å².